The molecule has 0 radical (unpaired) electrons. The van der Waals surface area contributed by atoms with E-state index in [0.717, 1.165) is 48.4 Å². The second-order valence-corrected chi connectivity index (χ2v) is 6.19. The predicted molar refractivity (Wildman–Crippen MR) is 94.9 cm³/mol. The van der Waals surface area contributed by atoms with Crippen molar-refractivity contribution in [3.05, 3.63) is 42.6 Å². The van der Waals surface area contributed by atoms with E-state index in [9.17, 15) is 0 Å². The lowest BCUT2D eigenvalue weighted by atomic mass is 10.2. The monoisotopic (exact) mass is 323 g/mol. The van der Waals surface area contributed by atoms with E-state index in [2.05, 4.69) is 37.4 Å². The normalized spacial score (nSPS) is 18.1. The summed E-state index contributed by atoms with van der Waals surface area (Å²) in [6, 6.07) is 6.50. The minimum absolute atomic E-state index is 0.466. The van der Waals surface area contributed by atoms with Gasteiger partial charge in [0.15, 0.2) is 0 Å². The average molecular weight is 323 g/mol. The maximum atomic E-state index is 4.61. The number of anilines is 3. The first-order chi connectivity index (χ1) is 11.7. The van der Waals surface area contributed by atoms with Crippen molar-refractivity contribution < 1.29 is 0 Å². The molecule has 1 atom stereocenters. The molecule has 0 saturated carbocycles. The predicted octanol–water partition coefficient (Wildman–Crippen LogP) is 1.97. The van der Waals surface area contributed by atoms with E-state index in [4.69, 9.17) is 0 Å². The van der Waals surface area contributed by atoms with Crippen LogP contribution in [-0.2, 0) is 0 Å². The second kappa shape index (κ2) is 6.09. The molecule has 124 valence electrons. The summed E-state index contributed by atoms with van der Waals surface area (Å²) in [5, 5.41) is 6.83. The zero-order chi connectivity index (χ0) is 16.5. The molecule has 24 heavy (non-hydrogen) atoms. The van der Waals surface area contributed by atoms with Crippen molar-refractivity contribution in [1.29, 1.82) is 0 Å². The molecular weight excluding hydrogens is 302 g/mol. The lowest BCUT2D eigenvalue weighted by molar-refractivity contribution is 0.482. The lowest BCUT2D eigenvalue weighted by Gasteiger charge is -2.33. The molecule has 3 aromatic rings. The molecule has 4 heterocycles. The number of hydrogen-bond donors (Lipinski definition) is 2. The van der Waals surface area contributed by atoms with Crippen molar-refractivity contribution in [3.63, 3.8) is 0 Å². The number of nitrogens with zero attached hydrogens (tertiary/aromatic N) is 5. The van der Waals surface area contributed by atoms with Crippen molar-refractivity contribution in [2.75, 3.05) is 29.9 Å². The zero-order valence-electron chi connectivity index (χ0n) is 13.9. The fraction of sp³-hybridized carbons (Fsp3) is 0.353. The summed E-state index contributed by atoms with van der Waals surface area (Å²) >= 11 is 0. The van der Waals surface area contributed by atoms with Crippen LogP contribution in [0.25, 0.3) is 5.65 Å². The Morgan fingerprint density at radius 3 is 3.04 bits per heavy atom. The molecule has 1 fully saturated rings. The molecule has 7 heteroatoms. The third-order valence-electron chi connectivity index (χ3n) is 4.19. The minimum Gasteiger partial charge on any atom is -0.354 e. The smallest absolute Gasteiger partial charge is 0.138 e. The number of aromatic nitrogens is 4. The highest BCUT2D eigenvalue weighted by Gasteiger charge is 2.18. The van der Waals surface area contributed by atoms with E-state index in [-0.39, 0.29) is 0 Å². The van der Waals surface area contributed by atoms with Gasteiger partial charge in [0.1, 0.15) is 23.1 Å². The van der Waals surface area contributed by atoms with E-state index in [1.54, 1.807) is 6.20 Å². The fourth-order valence-electron chi connectivity index (χ4n) is 3.05. The van der Waals surface area contributed by atoms with E-state index < -0.39 is 0 Å². The molecule has 0 amide bonds. The van der Waals surface area contributed by atoms with Gasteiger partial charge in [0, 0.05) is 62.1 Å². The summed E-state index contributed by atoms with van der Waals surface area (Å²) in [7, 11) is 0. The second-order valence-electron chi connectivity index (χ2n) is 6.19. The summed E-state index contributed by atoms with van der Waals surface area (Å²) in [5.74, 6) is 2.54. The average Bonchev–Trinajstić information content (AvgIpc) is 3.02. The molecule has 0 aliphatic carbocycles. The third kappa shape index (κ3) is 3.03. The van der Waals surface area contributed by atoms with E-state index in [1.807, 2.05) is 41.9 Å². The van der Waals surface area contributed by atoms with E-state index >= 15 is 0 Å². The number of aryl methyl sites for hydroxylation is 1. The summed E-state index contributed by atoms with van der Waals surface area (Å²) < 4.78 is 1.98. The Balaban J connectivity index is 1.60. The largest absolute Gasteiger partial charge is 0.354 e. The van der Waals surface area contributed by atoms with Crippen molar-refractivity contribution >= 4 is 23.0 Å². The summed E-state index contributed by atoms with van der Waals surface area (Å²) in [4.78, 5) is 15.7. The van der Waals surface area contributed by atoms with Gasteiger partial charge in [-0.1, -0.05) is 0 Å². The molecule has 7 nitrogen and oxygen atoms in total. The Hall–Kier alpha value is -2.67. The van der Waals surface area contributed by atoms with Gasteiger partial charge in [-0.15, -0.1) is 0 Å². The van der Waals surface area contributed by atoms with Gasteiger partial charge in [0.25, 0.3) is 0 Å². The van der Waals surface area contributed by atoms with Gasteiger partial charge in [-0.3, -0.25) is 0 Å². The molecule has 1 saturated heterocycles. The number of rotatable bonds is 3. The highest BCUT2D eigenvalue weighted by molar-refractivity contribution is 5.63. The summed E-state index contributed by atoms with van der Waals surface area (Å²) in [6.45, 7) is 7.01. The van der Waals surface area contributed by atoms with Crippen molar-refractivity contribution in [3.8, 4) is 0 Å². The molecule has 1 aliphatic heterocycles. The van der Waals surface area contributed by atoms with Gasteiger partial charge < -0.3 is 19.9 Å². The lowest BCUT2D eigenvalue weighted by Crippen LogP contribution is -2.49. The molecule has 3 aromatic heterocycles. The molecule has 0 aromatic carbocycles. The highest BCUT2D eigenvalue weighted by atomic mass is 15.3. The summed E-state index contributed by atoms with van der Waals surface area (Å²) in [6.07, 6.45) is 5.70. The van der Waals surface area contributed by atoms with Gasteiger partial charge >= 0.3 is 0 Å². The maximum Gasteiger partial charge on any atom is 0.138 e. The van der Waals surface area contributed by atoms with E-state index in [0.29, 0.717) is 6.04 Å². The van der Waals surface area contributed by atoms with Crippen LogP contribution in [0.5, 0.6) is 0 Å². The Morgan fingerprint density at radius 2 is 2.17 bits per heavy atom. The molecule has 1 aliphatic rings. The molecule has 0 spiro atoms. The van der Waals surface area contributed by atoms with Crippen LogP contribution in [0.1, 0.15) is 12.7 Å². The van der Waals surface area contributed by atoms with Gasteiger partial charge in [-0.05, 0) is 19.9 Å². The van der Waals surface area contributed by atoms with Crippen LogP contribution in [0.2, 0.25) is 0 Å². The maximum absolute atomic E-state index is 4.61. The van der Waals surface area contributed by atoms with Crippen molar-refractivity contribution in [2.45, 2.75) is 19.9 Å². The van der Waals surface area contributed by atoms with Crippen LogP contribution in [0, 0.1) is 6.92 Å². The fourth-order valence-corrected chi connectivity index (χ4v) is 3.05. The Morgan fingerprint density at radius 1 is 1.25 bits per heavy atom. The Kier molecular flexibility index (Phi) is 3.78. The van der Waals surface area contributed by atoms with Crippen molar-refractivity contribution in [2.24, 2.45) is 0 Å². The summed E-state index contributed by atoms with van der Waals surface area (Å²) in [5.41, 5.74) is 1.87. The van der Waals surface area contributed by atoms with Gasteiger partial charge in [0.05, 0.1) is 0 Å². The Labute approximate surface area is 140 Å². The quantitative estimate of drug-likeness (QED) is 0.768. The molecule has 1 unspecified atom stereocenters. The zero-order valence-corrected chi connectivity index (χ0v) is 13.9. The van der Waals surface area contributed by atoms with Crippen molar-refractivity contribution in [1.82, 2.24) is 24.7 Å². The first kappa shape index (κ1) is 14.9. The van der Waals surface area contributed by atoms with E-state index in [1.165, 1.54) is 0 Å². The van der Waals surface area contributed by atoms with Crippen LogP contribution in [0.3, 0.4) is 0 Å². The third-order valence-corrected chi connectivity index (χ3v) is 4.19. The topological polar surface area (TPSA) is 70.4 Å². The number of hydrogen-bond acceptors (Lipinski definition) is 6. The highest BCUT2D eigenvalue weighted by Crippen LogP contribution is 2.21. The van der Waals surface area contributed by atoms with Crippen LogP contribution >= 0.6 is 0 Å². The standard InChI is InChI=1S/C17H21N7/c1-12-11-24(8-4-18-12)17-10-15(20-13(2)21-17)22-14-3-6-23-7-5-19-16(23)9-14/h3,5-7,9-10,12,18H,4,8,11H2,1-2H3,(H,20,21,22). The first-order valence-corrected chi connectivity index (χ1v) is 8.21. The van der Waals surface area contributed by atoms with Gasteiger partial charge in [-0.2, -0.15) is 0 Å². The number of fused-ring (bicyclic) bond motifs is 1. The Bertz CT molecular complexity index is 857. The van der Waals surface area contributed by atoms with Crippen LogP contribution in [-0.4, -0.2) is 45.0 Å². The molecule has 0 bridgehead atoms. The number of pyridine rings is 1. The van der Waals surface area contributed by atoms with Crippen LogP contribution < -0.4 is 15.5 Å². The van der Waals surface area contributed by atoms with Gasteiger partial charge in [0.2, 0.25) is 0 Å². The SMILES string of the molecule is Cc1nc(Nc2ccn3ccnc3c2)cc(N2CCNC(C)C2)n1. The first-order valence-electron chi connectivity index (χ1n) is 8.21. The van der Waals surface area contributed by atoms with Crippen LogP contribution in [0.15, 0.2) is 36.8 Å². The van der Waals surface area contributed by atoms with Crippen LogP contribution in [0.4, 0.5) is 17.3 Å². The molecule has 4 rings (SSSR count). The minimum atomic E-state index is 0.466. The molecular formula is C17H21N7. The number of imidazole rings is 1. The van der Waals surface area contributed by atoms with Gasteiger partial charge in [-0.25, -0.2) is 15.0 Å². The molecule has 2 N–H and O–H groups in total. The number of piperazine rings is 1. The number of nitrogens with one attached hydrogen (secondary N) is 2.